The lowest BCUT2D eigenvalue weighted by atomic mass is 10.1. The fourth-order valence-corrected chi connectivity index (χ4v) is 2.94. The van der Waals surface area contributed by atoms with Crippen LogP contribution in [0.5, 0.6) is 5.75 Å². The van der Waals surface area contributed by atoms with Crippen LogP contribution < -0.4 is 4.74 Å². The van der Waals surface area contributed by atoms with Crippen molar-refractivity contribution in [3.8, 4) is 5.75 Å². The molecule has 0 bridgehead atoms. The lowest BCUT2D eigenvalue weighted by molar-refractivity contribution is -0.131. The van der Waals surface area contributed by atoms with Crippen LogP contribution in [0.3, 0.4) is 0 Å². The Morgan fingerprint density at radius 1 is 1.43 bits per heavy atom. The molecule has 0 heterocycles. The molecule has 1 aromatic rings. The highest BCUT2D eigenvalue weighted by atomic mass is 16.5. The summed E-state index contributed by atoms with van der Waals surface area (Å²) in [6.07, 6.45) is 7.92. The number of carboxylic acids is 1. The number of aliphatic carboxylic acids is 1. The van der Waals surface area contributed by atoms with Gasteiger partial charge in [0.25, 0.3) is 0 Å². The van der Waals surface area contributed by atoms with E-state index >= 15 is 0 Å². The average molecular weight is 289 g/mol. The second-order valence-corrected chi connectivity index (χ2v) is 5.60. The van der Waals surface area contributed by atoms with Crippen molar-refractivity contribution in [1.82, 2.24) is 4.90 Å². The van der Waals surface area contributed by atoms with Gasteiger partial charge in [0.05, 0.1) is 7.11 Å². The Kier molecular flexibility index (Phi) is 5.39. The number of hydrogen-bond donors (Lipinski definition) is 1. The molecule has 1 aliphatic rings. The van der Waals surface area contributed by atoms with Crippen molar-refractivity contribution >= 4 is 12.0 Å². The minimum atomic E-state index is -0.953. The largest absolute Gasteiger partial charge is 0.496 e. The van der Waals surface area contributed by atoms with E-state index in [2.05, 4.69) is 11.9 Å². The van der Waals surface area contributed by atoms with Gasteiger partial charge in [0.2, 0.25) is 0 Å². The van der Waals surface area contributed by atoms with Gasteiger partial charge in [-0.1, -0.05) is 18.9 Å². The molecule has 0 aromatic heterocycles. The Morgan fingerprint density at radius 3 is 2.76 bits per heavy atom. The summed E-state index contributed by atoms with van der Waals surface area (Å²) in [5, 5.41) is 8.76. The molecule has 1 saturated carbocycles. The molecule has 0 atom stereocenters. The summed E-state index contributed by atoms with van der Waals surface area (Å²) >= 11 is 0. The van der Waals surface area contributed by atoms with Crippen LogP contribution in [0, 0.1) is 0 Å². The van der Waals surface area contributed by atoms with Gasteiger partial charge in [-0.3, -0.25) is 4.90 Å². The van der Waals surface area contributed by atoms with Crippen molar-refractivity contribution < 1.29 is 14.6 Å². The summed E-state index contributed by atoms with van der Waals surface area (Å²) in [5.41, 5.74) is 1.98. The minimum Gasteiger partial charge on any atom is -0.496 e. The van der Waals surface area contributed by atoms with E-state index < -0.39 is 5.97 Å². The molecule has 0 radical (unpaired) electrons. The number of benzene rings is 1. The first-order valence-corrected chi connectivity index (χ1v) is 7.38. The maximum atomic E-state index is 10.7. The SMILES string of the molecule is COc1ccc(CN(C)C2CCCC2)cc1C=CC(=O)O. The molecular weight excluding hydrogens is 266 g/mol. The molecule has 21 heavy (non-hydrogen) atoms. The van der Waals surface area contributed by atoms with Crippen LogP contribution in [-0.4, -0.2) is 36.2 Å². The molecule has 1 N–H and O–H groups in total. The molecule has 0 amide bonds. The van der Waals surface area contributed by atoms with E-state index in [1.54, 1.807) is 13.2 Å². The van der Waals surface area contributed by atoms with Gasteiger partial charge in [-0.25, -0.2) is 4.79 Å². The summed E-state index contributed by atoms with van der Waals surface area (Å²) in [4.78, 5) is 13.1. The van der Waals surface area contributed by atoms with Crippen molar-refractivity contribution in [3.05, 3.63) is 35.4 Å². The number of methoxy groups -OCH3 is 1. The molecular formula is C17H23NO3. The van der Waals surface area contributed by atoms with E-state index in [1.807, 2.05) is 18.2 Å². The van der Waals surface area contributed by atoms with Gasteiger partial charge in [-0.15, -0.1) is 0 Å². The second kappa shape index (κ2) is 7.27. The maximum Gasteiger partial charge on any atom is 0.328 e. The number of ether oxygens (including phenoxy) is 1. The standard InChI is InChI=1S/C17H23NO3/c1-18(15-5-3-4-6-15)12-13-7-9-16(21-2)14(11-13)8-10-17(19)20/h7-11,15H,3-6,12H2,1-2H3,(H,19,20). The van der Waals surface area contributed by atoms with E-state index in [0.29, 0.717) is 11.8 Å². The topological polar surface area (TPSA) is 49.8 Å². The highest BCUT2D eigenvalue weighted by Gasteiger charge is 2.19. The van der Waals surface area contributed by atoms with Crippen LogP contribution in [0.15, 0.2) is 24.3 Å². The van der Waals surface area contributed by atoms with E-state index in [9.17, 15) is 4.79 Å². The van der Waals surface area contributed by atoms with Crippen LogP contribution in [0.2, 0.25) is 0 Å². The van der Waals surface area contributed by atoms with Crippen LogP contribution in [0.1, 0.15) is 36.8 Å². The summed E-state index contributed by atoms with van der Waals surface area (Å²) in [6, 6.07) is 6.62. The predicted molar refractivity (Wildman–Crippen MR) is 83.4 cm³/mol. The Hall–Kier alpha value is -1.81. The predicted octanol–water partition coefficient (Wildman–Crippen LogP) is 3.17. The molecule has 0 aliphatic heterocycles. The number of carbonyl (C=O) groups is 1. The first kappa shape index (κ1) is 15.6. The monoisotopic (exact) mass is 289 g/mol. The summed E-state index contributed by atoms with van der Waals surface area (Å²) in [5.74, 6) is -0.259. The number of nitrogens with zero attached hydrogens (tertiary/aromatic N) is 1. The van der Waals surface area contributed by atoms with Crippen LogP contribution in [-0.2, 0) is 11.3 Å². The van der Waals surface area contributed by atoms with Gasteiger partial charge in [-0.2, -0.15) is 0 Å². The smallest absolute Gasteiger partial charge is 0.328 e. The van der Waals surface area contributed by atoms with E-state index in [1.165, 1.54) is 31.2 Å². The molecule has 1 aromatic carbocycles. The summed E-state index contributed by atoms with van der Waals surface area (Å²) in [7, 11) is 3.75. The second-order valence-electron chi connectivity index (χ2n) is 5.60. The highest BCUT2D eigenvalue weighted by Crippen LogP contribution is 2.26. The lowest BCUT2D eigenvalue weighted by Gasteiger charge is -2.24. The fourth-order valence-electron chi connectivity index (χ4n) is 2.94. The maximum absolute atomic E-state index is 10.7. The fraction of sp³-hybridized carbons (Fsp3) is 0.471. The average Bonchev–Trinajstić information content (AvgIpc) is 2.99. The van der Waals surface area contributed by atoms with E-state index in [4.69, 9.17) is 9.84 Å². The highest BCUT2D eigenvalue weighted by molar-refractivity contribution is 5.85. The van der Waals surface area contributed by atoms with Gasteiger partial charge >= 0.3 is 5.97 Å². The third kappa shape index (κ3) is 4.33. The first-order chi connectivity index (χ1) is 10.1. The van der Waals surface area contributed by atoms with E-state index in [0.717, 1.165) is 18.2 Å². The van der Waals surface area contributed by atoms with Crippen molar-refractivity contribution in [2.45, 2.75) is 38.3 Å². The van der Waals surface area contributed by atoms with Crippen LogP contribution >= 0.6 is 0 Å². The zero-order chi connectivity index (χ0) is 15.2. The van der Waals surface area contributed by atoms with E-state index in [-0.39, 0.29) is 0 Å². The van der Waals surface area contributed by atoms with Crippen LogP contribution in [0.4, 0.5) is 0 Å². The Balaban J connectivity index is 2.12. The minimum absolute atomic E-state index is 0.671. The quantitative estimate of drug-likeness (QED) is 0.817. The van der Waals surface area contributed by atoms with Gasteiger partial charge in [0.15, 0.2) is 0 Å². The summed E-state index contributed by atoms with van der Waals surface area (Å²) in [6.45, 7) is 0.878. The molecule has 1 aliphatic carbocycles. The molecule has 0 saturated heterocycles. The molecule has 4 nitrogen and oxygen atoms in total. The van der Waals surface area contributed by atoms with Crippen LogP contribution in [0.25, 0.3) is 6.08 Å². The molecule has 114 valence electrons. The van der Waals surface area contributed by atoms with Crippen molar-refractivity contribution in [2.24, 2.45) is 0 Å². The lowest BCUT2D eigenvalue weighted by Crippen LogP contribution is -2.28. The Bertz CT molecular complexity index is 519. The van der Waals surface area contributed by atoms with Crippen molar-refractivity contribution in [1.29, 1.82) is 0 Å². The molecule has 1 fully saturated rings. The zero-order valence-electron chi connectivity index (χ0n) is 12.7. The number of hydrogen-bond acceptors (Lipinski definition) is 3. The number of rotatable bonds is 6. The Labute approximate surface area is 126 Å². The van der Waals surface area contributed by atoms with Gasteiger partial charge in [0, 0.05) is 24.2 Å². The van der Waals surface area contributed by atoms with Gasteiger partial charge < -0.3 is 9.84 Å². The number of carboxylic acid groups (broad SMARTS) is 1. The third-order valence-corrected chi connectivity index (χ3v) is 4.08. The first-order valence-electron chi connectivity index (χ1n) is 7.38. The Morgan fingerprint density at radius 2 is 2.14 bits per heavy atom. The van der Waals surface area contributed by atoms with Crippen molar-refractivity contribution in [2.75, 3.05) is 14.2 Å². The molecule has 0 spiro atoms. The molecule has 0 unspecified atom stereocenters. The molecule has 2 rings (SSSR count). The normalized spacial score (nSPS) is 16.0. The van der Waals surface area contributed by atoms with Crippen molar-refractivity contribution in [3.63, 3.8) is 0 Å². The summed E-state index contributed by atoms with van der Waals surface area (Å²) < 4.78 is 5.28. The molecule has 4 heteroatoms. The zero-order valence-corrected chi connectivity index (χ0v) is 12.7. The van der Waals surface area contributed by atoms with Gasteiger partial charge in [-0.05, 0) is 43.7 Å². The third-order valence-electron chi connectivity index (χ3n) is 4.08. The van der Waals surface area contributed by atoms with Gasteiger partial charge in [0.1, 0.15) is 5.75 Å².